The molecule has 4 aromatic carbocycles. The SMILES string of the molecule is CCC(O)(CC)c1cc2ccccc2c(-c2c(O)ccc3ccccc23)c1O. The number of phenols is 2. The van der Waals surface area contributed by atoms with E-state index in [2.05, 4.69) is 0 Å². The molecular weight excluding hydrogens is 348 g/mol. The molecule has 3 N–H and O–H groups in total. The number of hydrogen-bond donors (Lipinski definition) is 3. The Balaban J connectivity index is 2.20. The first-order chi connectivity index (χ1) is 13.5. The highest BCUT2D eigenvalue weighted by Crippen LogP contribution is 2.49. The minimum absolute atomic E-state index is 0.0246. The molecule has 0 saturated heterocycles. The number of phenolic OH excluding ortho intramolecular Hbond substituents is 2. The summed E-state index contributed by atoms with van der Waals surface area (Å²) in [6, 6.07) is 20.9. The third-order valence-corrected chi connectivity index (χ3v) is 5.85. The monoisotopic (exact) mass is 372 g/mol. The fourth-order valence-corrected chi connectivity index (χ4v) is 4.10. The van der Waals surface area contributed by atoms with Crippen LogP contribution in [0.15, 0.2) is 66.7 Å². The molecule has 0 radical (unpaired) electrons. The molecule has 0 aliphatic heterocycles. The van der Waals surface area contributed by atoms with Crippen LogP contribution in [0.2, 0.25) is 0 Å². The normalized spacial score (nSPS) is 12.0. The van der Waals surface area contributed by atoms with Gasteiger partial charge in [0.05, 0.1) is 5.60 Å². The number of fused-ring (bicyclic) bond motifs is 2. The van der Waals surface area contributed by atoms with Gasteiger partial charge in [0.25, 0.3) is 0 Å². The topological polar surface area (TPSA) is 60.7 Å². The van der Waals surface area contributed by atoms with E-state index in [1.807, 2.05) is 74.5 Å². The zero-order chi connectivity index (χ0) is 19.9. The van der Waals surface area contributed by atoms with Crippen LogP contribution in [-0.2, 0) is 5.60 Å². The van der Waals surface area contributed by atoms with Crippen LogP contribution in [-0.4, -0.2) is 15.3 Å². The molecule has 3 heteroatoms. The number of rotatable bonds is 4. The predicted octanol–water partition coefficient (Wildman–Crippen LogP) is 6.08. The number of aromatic hydroxyl groups is 2. The molecule has 0 unspecified atom stereocenters. The molecule has 0 atom stereocenters. The Morgan fingerprint density at radius 3 is 1.93 bits per heavy atom. The minimum Gasteiger partial charge on any atom is -0.507 e. The van der Waals surface area contributed by atoms with Crippen LogP contribution >= 0.6 is 0 Å². The van der Waals surface area contributed by atoms with Gasteiger partial charge < -0.3 is 15.3 Å². The van der Waals surface area contributed by atoms with E-state index in [0.717, 1.165) is 21.5 Å². The lowest BCUT2D eigenvalue weighted by atomic mass is 9.82. The Kier molecular flexibility index (Phi) is 4.48. The van der Waals surface area contributed by atoms with Crippen molar-refractivity contribution in [1.29, 1.82) is 0 Å². The van der Waals surface area contributed by atoms with Crippen LogP contribution in [0.3, 0.4) is 0 Å². The molecule has 0 heterocycles. The van der Waals surface area contributed by atoms with Crippen molar-refractivity contribution in [2.45, 2.75) is 32.3 Å². The van der Waals surface area contributed by atoms with Crippen molar-refractivity contribution in [3.05, 3.63) is 72.3 Å². The highest BCUT2D eigenvalue weighted by Gasteiger charge is 2.31. The highest BCUT2D eigenvalue weighted by atomic mass is 16.3. The molecule has 0 aromatic heterocycles. The van der Waals surface area contributed by atoms with E-state index in [1.54, 1.807) is 6.07 Å². The summed E-state index contributed by atoms with van der Waals surface area (Å²) in [6.07, 6.45) is 0.965. The second kappa shape index (κ2) is 6.84. The van der Waals surface area contributed by atoms with Gasteiger partial charge in [0.2, 0.25) is 0 Å². The van der Waals surface area contributed by atoms with Gasteiger partial charge >= 0.3 is 0 Å². The van der Waals surface area contributed by atoms with Crippen LogP contribution < -0.4 is 0 Å². The first-order valence-corrected chi connectivity index (χ1v) is 9.68. The van der Waals surface area contributed by atoms with Gasteiger partial charge in [-0.25, -0.2) is 0 Å². The van der Waals surface area contributed by atoms with Crippen molar-refractivity contribution >= 4 is 21.5 Å². The molecule has 0 spiro atoms. The molecule has 0 saturated carbocycles. The number of aliphatic hydroxyl groups is 1. The van der Waals surface area contributed by atoms with E-state index in [4.69, 9.17) is 0 Å². The third-order valence-electron chi connectivity index (χ3n) is 5.85. The van der Waals surface area contributed by atoms with Crippen molar-refractivity contribution in [2.75, 3.05) is 0 Å². The Bertz CT molecular complexity index is 1170. The van der Waals surface area contributed by atoms with Crippen molar-refractivity contribution < 1.29 is 15.3 Å². The lowest BCUT2D eigenvalue weighted by molar-refractivity contribution is 0.0263. The van der Waals surface area contributed by atoms with Gasteiger partial charge in [0, 0.05) is 16.7 Å². The summed E-state index contributed by atoms with van der Waals surface area (Å²) in [5.74, 6) is 0.129. The van der Waals surface area contributed by atoms with Gasteiger partial charge in [-0.1, -0.05) is 68.4 Å². The van der Waals surface area contributed by atoms with E-state index in [0.29, 0.717) is 29.5 Å². The fourth-order valence-electron chi connectivity index (χ4n) is 4.10. The number of benzene rings is 4. The van der Waals surface area contributed by atoms with Gasteiger partial charge in [0.15, 0.2) is 0 Å². The Hall–Kier alpha value is -3.04. The molecule has 3 nitrogen and oxygen atoms in total. The zero-order valence-electron chi connectivity index (χ0n) is 16.1. The molecular formula is C25H24O3. The smallest absolute Gasteiger partial charge is 0.130 e. The lowest BCUT2D eigenvalue weighted by Gasteiger charge is -2.28. The largest absolute Gasteiger partial charge is 0.507 e. The third kappa shape index (κ3) is 2.71. The standard InChI is InChI=1S/C25H24O3/c1-3-25(28,4-2)20-15-17-10-6-8-12-19(17)23(24(20)27)22-18-11-7-5-9-16(18)13-14-21(22)26/h5-15,26-28H,3-4H2,1-2H3. The maximum Gasteiger partial charge on any atom is 0.130 e. The molecule has 0 amide bonds. The van der Waals surface area contributed by atoms with Gasteiger partial charge in [-0.05, 0) is 46.5 Å². The molecule has 0 fully saturated rings. The maximum atomic E-state index is 11.4. The van der Waals surface area contributed by atoms with Gasteiger partial charge in [-0.2, -0.15) is 0 Å². The average molecular weight is 372 g/mol. The summed E-state index contributed by atoms with van der Waals surface area (Å²) in [5, 5.41) is 36.9. The molecule has 0 aliphatic carbocycles. The fraction of sp³-hybridized carbons (Fsp3) is 0.200. The van der Waals surface area contributed by atoms with E-state index >= 15 is 0 Å². The average Bonchev–Trinajstić information content (AvgIpc) is 2.73. The first kappa shape index (κ1) is 18.3. The van der Waals surface area contributed by atoms with Crippen LogP contribution in [0, 0.1) is 0 Å². The number of hydrogen-bond acceptors (Lipinski definition) is 3. The minimum atomic E-state index is -1.14. The predicted molar refractivity (Wildman–Crippen MR) is 115 cm³/mol. The Morgan fingerprint density at radius 1 is 0.714 bits per heavy atom. The maximum absolute atomic E-state index is 11.4. The summed E-state index contributed by atoms with van der Waals surface area (Å²) in [7, 11) is 0. The summed E-state index contributed by atoms with van der Waals surface area (Å²) in [5.41, 5.74) is 0.507. The van der Waals surface area contributed by atoms with E-state index < -0.39 is 5.60 Å². The summed E-state index contributed by atoms with van der Waals surface area (Å²) < 4.78 is 0. The lowest BCUT2D eigenvalue weighted by Crippen LogP contribution is -2.23. The second-order valence-corrected chi connectivity index (χ2v) is 7.29. The second-order valence-electron chi connectivity index (χ2n) is 7.29. The summed E-state index contributed by atoms with van der Waals surface area (Å²) in [6.45, 7) is 3.82. The molecule has 142 valence electrons. The van der Waals surface area contributed by atoms with Gasteiger partial charge in [-0.15, -0.1) is 0 Å². The Labute approximate surface area is 164 Å². The van der Waals surface area contributed by atoms with E-state index in [1.165, 1.54) is 0 Å². The van der Waals surface area contributed by atoms with Crippen LogP contribution in [0.5, 0.6) is 11.5 Å². The van der Waals surface area contributed by atoms with Crippen LogP contribution in [0.25, 0.3) is 32.7 Å². The molecule has 0 bridgehead atoms. The Morgan fingerprint density at radius 2 is 1.29 bits per heavy atom. The molecule has 28 heavy (non-hydrogen) atoms. The van der Waals surface area contributed by atoms with Crippen LogP contribution in [0.4, 0.5) is 0 Å². The molecule has 0 aliphatic rings. The quantitative estimate of drug-likeness (QED) is 0.407. The van der Waals surface area contributed by atoms with Crippen molar-refractivity contribution in [1.82, 2.24) is 0 Å². The molecule has 4 aromatic rings. The van der Waals surface area contributed by atoms with Crippen molar-refractivity contribution in [3.63, 3.8) is 0 Å². The zero-order valence-corrected chi connectivity index (χ0v) is 16.1. The highest BCUT2D eigenvalue weighted by molar-refractivity contribution is 6.10. The summed E-state index contributed by atoms with van der Waals surface area (Å²) >= 11 is 0. The van der Waals surface area contributed by atoms with E-state index in [9.17, 15) is 15.3 Å². The van der Waals surface area contributed by atoms with Gasteiger partial charge in [-0.3, -0.25) is 0 Å². The van der Waals surface area contributed by atoms with Crippen molar-refractivity contribution in [2.24, 2.45) is 0 Å². The van der Waals surface area contributed by atoms with Crippen LogP contribution in [0.1, 0.15) is 32.3 Å². The van der Waals surface area contributed by atoms with Gasteiger partial charge in [0.1, 0.15) is 11.5 Å². The molecule has 4 rings (SSSR count). The van der Waals surface area contributed by atoms with E-state index in [-0.39, 0.29) is 11.5 Å². The first-order valence-electron chi connectivity index (χ1n) is 9.68. The van der Waals surface area contributed by atoms with Crippen molar-refractivity contribution in [3.8, 4) is 22.6 Å². The summed E-state index contributed by atoms with van der Waals surface area (Å²) in [4.78, 5) is 0.